The maximum Gasteiger partial charge on any atom is 0.137 e. The maximum absolute atomic E-state index is 4.87. The van der Waals surface area contributed by atoms with Crippen molar-refractivity contribution in [3.05, 3.63) is 59.9 Å². The number of aromatic nitrogens is 2. The molecule has 0 N–H and O–H groups in total. The van der Waals surface area contributed by atoms with E-state index in [2.05, 4.69) is 74.7 Å². The van der Waals surface area contributed by atoms with Crippen LogP contribution in [0.1, 0.15) is 32.0 Å². The molecule has 0 saturated carbocycles. The number of hydrogen-bond acceptors (Lipinski definition) is 1. The molecule has 0 aliphatic carbocycles. The van der Waals surface area contributed by atoms with Crippen LogP contribution in [-0.4, -0.2) is 9.38 Å². The molecule has 0 radical (unpaired) electrons. The minimum absolute atomic E-state index is 0.0415. The summed E-state index contributed by atoms with van der Waals surface area (Å²) in [4.78, 5) is 4.87. The molecule has 0 atom stereocenters. The quantitative estimate of drug-likeness (QED) is 0.627. The van der Waals surface area contributed by atoms with E-state index in [0.717, 1.165) is 11.3 Å². The van der Waals surface area contributed by atoms with Crippen molar-refractivity contribution in [2.45, 2.75) is 33.1 Å². The molecule has 1 aromatic carbocycles. The van der Waals surface area contributed by atoms with Crippen LogP contribution in [0.5, 0.6) is 0 Å². The van der Waals surface area contributed by atoms with Gasteiger partial charge in [0, 0.05) is 17.2 Å². The fourth-order valence-corrected chi connectivity index (χ4v) is 2.66. The van der Waals surface area contributed by atoms with E-state index in [1.54, 1.807) is 0 Å². The Kier molecular flexibility index (Phi) is 2.89. The Bertz CT molecular complexity index is 746. The molecular weight excluding hydrogens is 244 g/mol. The second-order valence-electron chi connectivity index (χ2n) is 6.36. The second-order valence-corrected chi connectivity index (χ2v) is 6.36. The Balaban J connectivity index is 2.36. The monoisotopic (exact) mass is 264 g/mol. The van der Waals surface area contributed by atoms with Crippen molar-refractivity contribution in [2.75, 3.05) is 0 Å². The van der Waals surface area contributed by atoms with Crippen LogP contribution in [0, 0.1) is 6.92 Å². The van der Waals surface area contributed by atoms with Crippen LogP contribution in [0.4, 0.5) is 0 Å². The molecule has 0 aliphatic heterocycles. The Morgan fingerprint density at radius 3 is 2.35 bits per heavy atom. The smallest absolute Gasteiger partial charge is 0.137 e. The van der Waals surface area contributed by atoms with E-state index in [0.29, 0.717) is 0 Å². The molecule has 2 heteroatoms. The number of nitrogens with zero attached hydrogens (tertiary/aromatic N) is 2. The standard InChI is InChI=1S/C18H20N2/c1-13-10-11-20-15(12-13)19-16(17(20)18(2,3)4)14-8-6-5-7-9-14/h5-12H,1-4H3. The summed E-state index contributed by atoms with van der Waals surface area (Å²) < 4.78 is 2.22. The van der Waals surface area contributed by atoms with E-state index in [9.17, 15) is 0 Å². The molecule has 2 aromatic heterocycles. The Hall–Kier alpha value is -2.09. The zero-order chi connectivity index (χ0) is 14.3. The van der Waals surface area contributed by atoms with Crippen molar-refractivity contribution in [1.29, 1.82) is 0 Å². The van der Waals surface area contributed by atoms with Gasteiger partial charge in [-0.05, 0) is 24.6 Å². The summed E-state index contributed by atoms with van der Waals surface area (Å²) in [5, 5.41) is 0. The summed E-state index contributed by atoms with van der Waals surface area (Å²) >= 11 is 0. The van der Waals surface area contributed by atoms with Crippen molar-refractivity contribution < 1.29 is 0 Å². The number of hydrogen-bond donors (Lipinski definition) is 0. The van der Waals surface area contributed by atoms with Gasteiger partial charge in [-0.3, -0.25) is 0 Å². The topological polar surface area (TPSA) is 17.3 Å². The number of imidazole rings is 1. The van der Waals surface area contributed by atoms with Crippen LogP contribution in [-0.2, 0) is 5.41 Å². The van der Waals surface area contributed by atoms with Gasteiger partial charge >= 0.3 is 0 Å². The minimum atomic E-state index is 0.0415. The number of fused-ring (bicyclic) bond motifs is 1. The molecule has 0 saturated heterocycles. The number of aryl methyl sites for hydroxylation is 1. The van der Waals surface area contributed by atoms with Gasteiger partial charge in [-0.2, -0.15) is 0 Å². The molecule has 0 unspecified atom stereocenters. The van der Waals surface area contributed by atoms with Gasteiger partial charge in [-0.25, -0.2) is 4.98 Å². The van der Waals surface area contributed by atoms with E-state index in [1.807, 2.05) is 6.07 Å². The van der Waals surface area contributed by atoms with E-state index in [-0.39, 0.29) is 5.41 Å². The first-order valence-electron chi connectivity index (χ1n) is 7.01. The van der Waals surface area contributed by atoms with Crippen LogP contribution in [0.3, 0.4) is 0 Å². The highest BCUT2D eigenvalue weighted by Crippen LogP contribution is 2.33. The zero-order valence-electron chi connectivity index (χ0n) is 12.5. The van der Waals surface area contributed by atoms with Gasteiger partial charge in [0.15, 0.2) is 0 Å². The van der Waals surface area contributed by atoms with Gasteiger partial charge in [0.05, 0.1) is 11.4 Å². The third kappa shape index (κ3) is 2.11. The molecule has 0 amide bonds. The molecule has 102 valence electrons. The van der Waals surface area contributed by atoms with Crippen molar-refractivity contribution in [1.82, 2.24) is 9.38 Å². The van der Waals surface area contributed by atoms with Gasteiger partial charge in [-0.1, -0.05) is 51.1 Å². The van der Waals surface area contributed by atoms with E-state index in [1.165, 1.54) is 16.8 Å². The van der Waals surface area contributed by atoms with Gasteiger partial charge in [0.2, 0.25) is 0 Å². The van der Waals surface area contributed by atoms with E-state index < -0.39 is 0 Å². The Morgan fingerprint density at radius 1 is 1.00 bits per heavy atom. The molecule has 0 aliphatic rings. The lowest BCUT2D eigenvalue weighted by Crippen LogP contribution is -2.15. The highest BCUT2D eigenvalue weighted by molar-refractivity contribution is 5.68. The van der Waals surface area contributed by atoms with Gasteiger partial charge in [0.1, 0.15) is 5.65 Å². The highest BCUT2D eigenvalue weighted by atomic mass is 15.0. The third-order valence-corrected chi connectivity index (χ3v) is 3.54. The van der Waals surface area contributed by atoms with Crippen LogP contribution in [0.2, 0.25) is 0 Å². The average molecular weight is 264 g/mol. The first kappa shape index (κ1) is 12.9. The molecule has 2 heterocycles. The van der Waals surface area contributed by atoms with Gasteiger partial charge in [-0.15, -0.1) is 0 Å². The molecule has 0 spiro atoms. The van der Waals surface area contributed by atoms with Crippen LogP contribution in [0.15, 0.2) is 48.7 Å². The van der Waals surface area contributed by atoms with Crippen LogP contribution >= 0.6 is 0 Å². The summed E-state index contributed by atoms with van der Waals surface area (Å²) in [5.74, 6) is 0. The SMILES string of the molecule is Cc1ccn2c(C(C)(C)C)c(-c3ccccc3)nc2c1. The molecule has 3 rings (SSSR count). The Labute approximate surface area is 120 Å². The summed E-state index contributed by atoms with van der Waals surface area (Å²) in [6, 6.07) is 14.7. The van der Waals surface area contributed by atoms with Crippen LogP contribution in [0.25, 0.3) is 16.9 Å². The fourth-order valence-electron chi connectivity index (χ4n) is 2.66. The van der Waals surface area contributed by atoms with Crippen molar-refractivity contribution >= 4 is 5.65 Å². The molecule has 0 bridgehead atoms. The van der Waals surface area contributed by atoms with Gasteiger partial charge in [0.25, 0.3) is 0 Å². The minimum Gasteiger partial charge on any atom is -0.303 e. The summed E-state index contributed by atoms with van der Waals surface area (Å²) in [5.41, 5.74) is 5.83. The number of rotatable bonds is 1. The predicted octanol–water partition coefficient (Wildman–Crippen LogP) is 4.61. The number of benzene rings is 1. The average Bonchev–Trinajstić information content (AvgIpc) is 2.78. The largest absolute Gasteiger partial charge is 0.303 e. The molecule has 20 heavy (non-hydrogen) atoms. The van der Waals surface area contributed by atoms with Crippen LogP contribution < -0.4 is 0 Å². The normalized spacial score (nSPS) is 12.0. The maximum atomic E-state index is 4.87. The lowest BCUT2D eigenvalue weighted by Gasteiger charge is -2.20. The lowest BCUT2D eigenvalue weighted by molar-refractivity contribution is 0.565. The lowest BCUT2D eigenvalue weighted by atomic mass is 9.89. The first-order chi connectivity index (χ1) is 9.47. The molecule has 2 nitrogen and oxygen atoms in total. The summed E-state index contributed by atoms with van der Waals surface area (Å²) in [7, 11) is 0. The van der Waals surface area contributed by atoms with E-state index >= 15 is 0 Å². The predicted molar refractivity (Wildman–Crippen MR) is 84.1 cm³/mol. The molecule has 0 fully saturated rings. The van der Waals surface area contributed by atoms with Gasteiger partial charge < -0.3 is 4.40 Å². The van der Waals surface area contributed by atoms with Crippen molar-refractivity contribution in [2.24, 2.45) is 0 Å². The highest BCUT2D eigenvalue weighted by Gasteiger charge is 2.24. The fraction of sp³-hybridized carbons (Fsp3) is 0.278. The van der Waals surface area contributed by atoms with Crippen molar-refractivity contribution in [3.63, 3.8) is 0 Å². The molecule has 3 aromatic rings. The van der Waals surface area contributed by atoms with Crippen molar-refractivity contribution in [3.8, 4) is 11.3 Å². The van der Waals surface area contributed by atoms with E-state index in [4.69, 9.17) is 4.98 Å². The zero-order valence-corrected chi connectivity index (χ0v) is 12.5. The third-order valence-electron chi connectivity index (χ3n) is 3.54. The number of pyridine rings is 1. The summed E-state index contributed by atoms with van der Waals surface area (Å²) in [6.07, 6.45) is 2.13. The first-order valence-corrected chi connectivity index (χ1v) is 7.01. The Morgan fingerprint density at radius 2 is 1.70 bits per heavy atom. The summed E-state index contributed by atoms with van der Waals surface area (Å²) in [6.45, 7) is 8.82. The second kappa shape index (κ2) is 4.48. The molecular formula is C18H20N2.